The van der Waals surface area contributed by atoms with Crippen molar-refractivity contribution in [2.45, 2.75) is 33.8 Å². The van der Waals surface area contributed by atoms with Gasteiger partial charge in [0.2, 0.25) is 0 Å². The number of benzene rings is 2. The van der Waals surface area contributed by atoms with Gasteiger partial charge in [-0.05, 0) is 57.0 Å². The molecule has 1 aromatic heterocycles. The monoisotopic (exact) mass is 340 g/mol. The highest BCUT2D eigenvalue weighted by molar-refractivity contribution is 7.22. The fraction of sp³-hybridized carbons (Fsp3) is 0.263. The Labute approximate surface area is 145 Å². The van der Waals surface area contributed by atoms with Crippen molar-refractivity contribution in [3.05, 3.63) is 53.1 Å². The number of ether oxygens (including phenoxy) is 1. The van der Waals surface area contributed by atoms with Gasteiger partial charge in [-0.25, -0.2) is 4.98 Å². The third-order valence-corrected chi connectivity index (χ3v) is 4.71. The summed E-state index contributed by atoms with van der Waals surface area (Å²) in [7, 11) is 0. The number of rotatable bonds is 4. The molecule has 3 aromatic rings. The second-order valence-corrected chi connectivity index (χ2v) is 7.04. The highest BCUT2D eigenvalue weighted by Crippen LogP contribution is 2.27. The Kier molecular flexibility index (Phi) is 4.53. The largest absolute Gasteiger partial charge is 0.481 e. The SMILES string of the molecule is Cc1ccc(O[C@@H](C)C(=O)Nc2nc3ccc(C)cc3s2)c(C)c1. The molecule has 0 saturated carbocycles. The van der Waals surface area contributed by atoms with Crippen molar-refractivity contribution in [3.63, 3.8) is 0 Å². The van der Waals surface area contributed by atoms with Crippen molar-refractivity contribution in [1.82, 2.24) is 4.98 Å². The molecule has 0 aliphatic carbocycles. The van der Waals surface area contributed by atoms with Crippen molar-refractivity contribution in [1.29, 1.82) is 0 Å². The van der Waals surface area contributed by atoms with Gasteiger partial charge in [0, 0.05) is 0 Å². The molecule has 124 valence electrons. The first kappa shape index (κ1) is 16.5. The van der Waals surface area contributed by atoms with Crippen LogP contribution < -0.4 is 10.1 Å². The highest BCUT2D eigenvalue weighted by Gasteiger charge is 2.17. The van der Waals surface area contributed by atoms with Crippen molar-refractivity contribution < 1.29 is 9.53 Å². The van der Waals surface area contributed by atoms with Crippen molar-refractivity contribution >= 4 is 32.6 Å². The van der Waals surface area contributed by atoms with Gasteiger partial charge < -0.3 is 4.74 Å². The topological polar surface area (TPSA) is 51.2 Å². The van der Waals surface area contributed by atoms with Crippen LogP contribution >= 0.6 is 11.3 Å². The predicted molar refractivity (Wildman–Crippen MR) is 99.0 cm³/mol. The molecule has 4 nitrogen and oxygen atoms in total. The van der Waals surface area contributed by atoms with Gasteiger partial charge in [0.05, 0.1) is 10.2 Å². The van der Waals surface area contributed by atoms with Crippen LogP contribution in [0.5, 0.6) is 5.75 Å². The normalized spacial score (nSPS) is 12.2. The zero-order valence-corrected chi connectivity index (χ0v) is 15.0. The molecule has 0 aliphatic heterocycles. The third-order valence-electron chi connectivity index (χ3n) is 3.78. The summed E-state index contributed by atoms with van der Waals surface area (Å²) in [6, 6.07) is 12.0. The summed E-state index contributed by atoms with van der Waals surface area (Å²) >= 11 is 1.47. The van der Waals surface area contributed by atoms with E-state index in [2.05, 4.69) is 16.4 Å². The van der Waals surface area contributed by atoms with E-state index in [1.54, 1.807) is 6.92 Å². The molecule has 0 saturated heterocycles. The number of nitrogens with one attached hydrogen (secondary N) is 1. The van der Waals surface area contributed by atoms with E-state index >= 15 is 0 Å². The van der Waals surface area contributed by atoms with Gasteiger partial charge >= 0.3 is 0 Å². The van der Waals surface area contributed by atoms with Crippen LogP contribution in [0, 0.1) is 20.8 Å². The average molecular weight is 340 g/mol. The lowest BCUT2D eigenvalue weighted by atomic mass is 10.1. The van der Waals surface area contributed by atoms with E-state index < -0.39 is 6.10 Å². The molecule has 24 heavy (non-hydrogen) atoms. The quantitative estimate of drug-likeness (QED) is 0.753. The maximum atomic E-state index is 12.4. The van der Waals surface area contributed by atoms with Crippen LogP contribution in [0.15, 0.2) is 36.4 Å². The minimum Gasteiger partial charge on any atom is -0.481 e. The van der Waals surface area contributed by atoms with Crippen LogP contribution in [0.2, 0.25) is 0 Å². The number of hydrogen-bond acceptors (Lipinski definition) is 4. The minimum absolute atomic E-state index is 0.203. The van der Waals surface area contributed by atoms with Crippen LogP contribution in [0.4, 0.5) is 5.13 Å². The first-order valence-corrected chi connectivity index (χ1v) is 8.66. The number of fused-ring (bicyclic) bond motifs is 1. The smallest absolute Gasteiger partial charge is 0.266 e. The zero-order valence-electron chi connectivity index (χ0n) is 14.2. The van der Waals surface area contributed by atoms with E-state index in [-0.39, 0.29) is 5.91 Å². The number of thiazole rings is 1. The summed E-state index contributed by atoms with van der Waals surface area (Å²) in [4.78, 5) is 16.8. The van der Waals surface area contributed by atoms with E-state index in [0.717, 1.165) is 21.5 Å². The van der Waals surface area contributed by atoms with Gasteiger partial charge in [-0.2, -0.15) is 0 Å². The molecule has 1 amide bonds. The highest BCUT2D eigenvalue weighted by atomic mass is 32.1. The summed E-state index contributed by atoms with van der Waals surface area (Å²) < 4.78 is 6.86. The van der Waals surface area contributed by atoms with E-state index in [0.29, 0.717) is 5.13 Å². The Morgan fingerprint density at radius 1 is 1.12 bits per heavy atom. The molecule has 0 unspecified atom stereocenters. The number of aryl methyl sites for hydroxylation is 3. The molecule has 3 rings (SSSR count). The van der Waals surface area contributed by atoms with E-state index in [9.17, 15) is 4.79 Å². The predicted octanol–water partition coefficient (Wildman–Crippen LogP) is 4.63. The molecule has 0 spiro atoms. The Hall–Kier alpha value is -2.40. The van der Waals surface area contributed by atoms with Gasteiger partial charge in [-0.3, -0.25) is 10.1 Å². The van der Waals surface area contributed by atoms with Crippen LogP contribution in [-0.2, 0) is 4.79 Å². The Balaban J connectivity index is 1.70. The van der Waals surface area contributed by atoms with E-state index in [1.165, 1.54) is 22.5 Å². The molecule has 1 N–H and O–H groups in total. The lowest BCUT2D eigenvalue weighted by Crippen LogP contribution is -2.30. The second kappa shape index (κ2) is 6.61. The van der Waals surface area contributed by atoms with Crippen molar-refractivity contribution in [2.24, 2.45) is 0 Å². The van der Waals surface area contributed by atoms with Gasteiger partial charge in [-0.1, -0.05) is 35.1 Å². The van der Waals surface area contributed by atoms with Crippen LogP contribution in [0.25, 0.3) is 10.2 Å². The standard InChI is InChI=1S/C19H20N2O2S/c1-11-6-8-16(13(3)9-11)23-14(4)18(22)21-19-20-15-7-5-12(2)10-17(15)24-19/h5-10,14H,1-4H3,(H,20,21,22)/t14-/m0/s1. The minimum atomic E-state index is -0.597. The molecule has 1 heterocycles. The van der Waals surface area contributed by atoms with Crippen molar-refractivity contribution in [2.75, 3.05) is 5.32 Å². The molecule has 0 fully saturated rings. The van der Waals surface area contributed by atoms with Gasteiger partial charge in [0.15, 0.2) is 11.2 Å². The average Bonchev–Trinajstić information content (AvgIpc) is 2.91. The summed E-state index contributed by atoms with van der Waals surface area (Å²) in [5, 5.41) is 3.44. The summed E-state index contributed by atoms with van der Waals surface area (Å²) in [6.07, 6.45) is -0.597. The molecular formula is C19H20N2O2S. The number of amides is 1. The Bertz CT molecular complexity index is 902. The number of aromatic nitrogens is 1. The lowest BCUT2D eigenvalue weighted by molar-refractivity contribution is -0.122. The maximum absolute atomic E-state index is 12.4. The Morgan fingerprint density at radius 3 is 2.58 bits per heavy atom. The molecule has 2 aromatic carbocycles. The fourth-order valence-electron chi connectivity index (χ4n) is 2.47. The Morgan fingerprint density at radius 2 is 1.83 bits per heavy atom. The summed E-state index contributed by atoms with van der Waals surface area (Å²) in [5.74, 6) is 0.522. The lowest BCUT2D eigenvalue weighted by Gasteiger charge is -2.15. The molecule has 1 atom stereocenters. The van der Waals surface area contributed by atoms with Gasteiger partial charge in [-0.15, -0.1) is 0 Å². The van der Waals surface area contributed by atoms with E-state index in [4.69, 9.17) is 4.74 Å². The zero-order chi connectivity index (χ0) is 17.3. The molecule has 0 aliphatic rings. The number of anilines is 1. The number of hydrogen-bond donors (Lipinski definition) is 1. The number of carbonyl (C=O) groups is 1. The first-order valence-electron chi connectivity index (χ1n) is 7.84. The first-order chi connectivity index (χ1) is 11.4. The fourth-order valence-corrected chi connectivity index (χ4v) is 3.43. The third kappa shape index (κ3) is 3.57. The summed E-state index contributed by atoms with van der Waals surface area (Å²) in [5.41, 5.74) is 4.26. The summed E-state index contributed by atoms with van der Waals surface area (Å²) in [6.45, 7) is 7.79. The molecule has 0 radical (unpaired) electrons. The van der Waals surface area contributed by atoms with Gasteiger partial charge in [0.1, 0.15) is 5.75 Å². The van der Waals surface area contributed by atoms with Crippen LogP contribution in [0.3, 0.4) is 0 Å². The van der Waals surface area contributed by atoms with Crippen LogP contribution in [0.1, 0.15) is 23.6 Å². The van der Waals surface area contributed by atoms with E-state index in [1.807, 2.05) is 51.1 Å². The molecule has 5 heteroatoms. The molecular weight excluding hydrogens is 320 g/mol. The number of carbonyl (C=O) groups excluding carboxylic acids is 1. The molecule has 0 bridgehead atoms. The van der Waals surface area contributed by atoms with Crippen LogP contribution in [-0.4, -0.2) is 17.0 Å². The second-order valence-electron chi connectivity index (χ2n) is 6.01. The van der Waals surface area contributed by atoms with Crippen molar-refractivity contribution in [3.8, 4) is 5.75 Å². The number of nitrogens with zero attached hydrogens (tertiary/aromatic N) is 1. The maximum Gasteiger partial charge on any atom is 0.266 e. The van der Waals surface area contributed by atoms with Gasteiger partial charge in [0.25, 0.3) is 5.91 Å².